The molecule has 0 aliphatic heterocycles. The van der Waals surface area contributed by atoms with Gasteiger partial charge in [-0.2, -0.15) is 0 Å². The molecular weight excluding hydrogens is 57.7 g/mol. The maximum absolute atomic E-state index is 4.50. The van der Waals surface area contributed by atoms with Crippen LogP contribution in [-0.4, -0.2) is 16.3 Å². The van der Waals surface area contributed by atoms with Gasteiger partial charge in [0.25, 0.3) is 0 Å². The van der Waals surface area contributed by atoms with Gasteiger partial charge in [0.2, 0.25) is 0 Å². The zero-order valence-electron chi connectivity index (χ0n) is 2.15. The van der Waals surface area contributed by atoms with Crippen LogP contribution >= 0.6 is 0 Å². The van der Waals surface area contributed by atoms with E-state index in [2.05, 4.69) is 7.85 Å². The normalized spacial score (nSPS) is 1.00. The smallest absolute Gasteiger partial charge is 0.0606 e. The first-order valence-corrected chi connectivity index (χ1v) is 0.577. The van der Waals surface area contributed by atoms with Crippen molar-refractivity contribution in [2.24, 2.45) is 0 Å². The summed E-state index contributed by atoms with van der Waals surface area (Å²) in [6, 6.07) is 0. The third-order valence-corrected chi connectivity index (χ3v) is 0. The molecule has 0 spiro atoms. The van der Waals surface area contributed by atoms with E-state index in [-0.39, 0.29) is 23.3 Å². The third-order valence-electron chi connectivity index (χ3n) is 0. The summed E-state index contributed by atoms with van der Waals surface area (Å²) in [4.78, 5) is 0. The Bertz CT molecular complexity index is 4.85. The van der Waals surface area contributed by atoms with E-state index < -0.39 is 0 Å². The molecule has 0 rings (SSSR count). The van der Waals surface area contributed by atoms with Crippen molar-refractivity contribution in [3.8, 4) is 0 Å². The van der Waals surface area contributed by atoms with E-state index in [0.29, 0.717) is 0 Å². The second-order valence-electron chi connectivity index (χ2n) is 0. The highest BCUT2D eigenvalue weighted by molar-refractivity contribution is 6.05. The first-order valence-electron chi connectivity index (χ1n) is 0.577. The van der Waals surface area contributed by atoms with Gasteiger partial charge in [-0.15, -0.1) is 0 Å². The molecule has 0 aromatic rings. The highest BCUT2D eigenvalue weighted by Gasteiger charge is 0.984. The lowest BCUT2D eigenvalue weighted by atomic mass is 10.2. The largest absolute Gasteiger partial charge is 0.0999 e. The minimum atomic E-state index is 0. The van der Waals surface area contributed by atoms with Crippen molar-refractivity contribution >= 4 is 16.3 Å². The monoisotopic (exact) mass is 69.1 g/mol. The topological polar surface area (TPSA) is 0 Å². The van der Waals surface area contributed by atoms with Crippen LogP contribution in [0.25, 0.3) is 0 Å². The van der Waals surface area contributed by atoms with E-state index in [1.165, 1.54) is 6.82 Å². The number of rotatable bonds is 0. The molecule has 0 saturated carbocycles. The van der Waals surface area contributed by atoms with Crippen molar-refractivity contribution in [3.63, 3.8) is 0 Å². The first-order chi connectivity index (χ1) is 1.00. The molecular formula is C3H11B2. The average Bonchev–Trinajstić information content (AvgIpc) is 1.00. The Morgan fingerprint density at radius 2 is 1.00 bits per heavy atom. The van der Waals surface area contributed by atoms with Crippen LogP contribution in [-0.2, 0) is 0 Å². The van der Waals surface area contributed by atoms with Gasteiger partial charge >= 0.3 is 0 Å². The maximum Gasteiger partial charge on any atom is 0.0606 e. The molecule has 0 heterocycles. The lowest BCUT2D eigenvalue weighted by Crippen LogP contribution is -1.13. The molecule has 0 fully saturated rings. The second-order valence-corrected chi connectivity index (χ2v) is 0. The van der Waals surface area contributed by atoms with Crippen molar-refractivity contribution in [3.05, 3.63) is 0 Å². The quantitative estimate of drug-likeness (QED) is 0.373. The van der Waals surface area contributed by atoms with E-state index in [1.807, 2.05) is 0 Å². The Balaban J connectivity index is -0.00000000167. The van der Waals surface area contributed by atoms with Crippen LogP contribution in [0.15, 0.2) is 0 Å². The van der Waals surface area contributed by atoms with Gasteiger partial charge in [0.1, 0.15) is 0 Å². The summed E-state index contributed by atoms with van der Waals surface area (Å²) in [5.41, 5.74) is 0. The molecule has 0 atom stereocenters. The Hall–Kier alpha value is 0.130. The summed E-state index contributed by atoms with van der Waals surface area (Å²) >= 11 is 0. The van der Waals surface area contributed by atoms with Crippen molar-refractivity contribution in [1.29, 1.82) is 0 Å². The Morgan fingerprint density at radius 3 is 1.00 bits per heavy atom. The Morgan fingerprint density at radius 1 is 1.00 bits per heavy atom. The first kappa shape index (κ1) is 68.5. The Kier molecular flexibility index (Phi) is 32900. The molecule has 29 valence electrons. The van der Waals surface area contributed by atoms with E-state index in [4.69, 9.17) is 0 Å². The van der Waals surface area contributed by atoms with E-state index in [9.17, 15) is 0 Å². The summed E-state index contributed by atoms with van der Waals surface area (Å²) < 4.78 is 0. The summed E-state index contributed by atoms with van der Waals surface area (Å²) in [7, 11) is 4.50. The minimum absolute atomic E-state index is 0. The fraction of sp³-hybridized carbons (Fsp3) is 1.00. The van der Waals surface area contributed by atoms with E-state index >= 15 is 0 Å². The fourth-order valence-corrected chi connectivity index (χ4v) is 0. The van der Waals surface area contributed by atoms with Crippen LogP contribution in [0.1, 0.15) is 14.9 Å². The van der Waals surface area contributed by atoms with Crippen LogP contribution in [0, 0.1) is 0 Å². The molecule has 0 unspecified atom stereocenters. The third kappa shape index (κ3) is 1110. The average molecular weight is 68.7 g/mol. The van der Waals surface area contributed by atoms with Gasteiger partial charge in [-0.05, 0) is 0 Å². The molecule has 0 aromatic carbocycles. The fourth-order valence-electron chi connectivity index (χ4n) is 0. The van der Waals surface area contributed by atoms with Gasteiger partial charge in [0.15, 0.2) is 0 Å². The van der Waals surface area contributed by atoms with Gasteiger partial charge < -0.3 is 0 Å². The van der Waals surface area contributed by atoms with E-state index in [0.717, 1.165) is 0 Å². The van der Waals surface area contributed by atoms with Crippen molar-refractivity contribution in [1.82, 2.24) is 0 Å². The molecule has 2 heteroatoms. The summed E-state index contributed by atoms with van der Waals surface area (Å²) in [5.74, 6) is 0. The van der Waals surface area contributed by atoms with Crippen LogP contribution in [0.4, 0.5) is 0 Å². The van der Waals surface area contributed by atoms with Crippen LogP contribution in [0.3, 0.4) is 0 Å². The SMILES string of the molecule is C.C.[B].[B]C. The second kappa shape index (κ2) is 2400. The lowest BCUT2D eigenvalue weighted by Gasteiger charge is -1.02. The number of hydrogen-bond donors (Lipinski definition) is 0. The molecule has 0 aliphatic carbocycles. The van der Waals surface area contributed by atoms with Gasteiger partial charge in [0.05, 0.1) is 7.85 Å². The standard InChI is InChI=1S/CH3B.2CH4.B/c1-2;;;/h1H3;2*1H4;. The maximum atomic E-state index is 4.50. The molecule has 0 aliphatic rings. The number of hydrogen-bond acceptors (Lipinski definition) is 0. The van der Waals surface area contributed by atoms with Crippen molar-refractivity contribution in [2.75, 3.05) is 0 Å². The molecule has 0 nitrogen and oxygen atoms in total. The van der Waals surface area contributed by atoms with Crippen LogP contribution in [0.5, 0.6) is 0 Å². The Labute approximate surface area is 39.0 Å². The predicted molar refractivity (Wildman–Crippen MR) is 30.8 cm³/mol. The summed E-state index contributed by atoms with van der Waals surface area (Å²) in [6.07, 6.45) is 0. The van der Waals surface area contributed by atoms with Crippen molar-refractivity contribution in [2.45, 2.75) is 21.7 Å². The minimum Gasteiger partial charge on any atom is -0.0999 e. The molecule has 5 heavy (non-hydrogen) atoms. The molecule has 0 saturated heterocycles. The van der Waals surface area contributed by atoms with Crippen LogP contribution < -0.4 is 0 Å². The van der Waals surface area contributed by atoms with Crippen molar-refractivity contribution < 1.29 is 0 Å². The molecule has 0 amide bonds. The summed E-state index contributed by atoms with van der Waals surface area (Å²) in [5, 5.41) is 0. The zero-order valence-corrected chi connectivity index (χ0v) is 2.15. The molecule has 5 radical (unpaired) electrons. The highest BCUT2D eigenvalue weighted by Crippen LogP contribution is 0.960. The predicted octanol–water partition coefficient (Wildman–Crippen LogP) is 1.09. The molecule has 0 N–H and O–H groups in total. The summed E-state index contributed by atoms with van der Waals surface area (Å²) in [6.45, 7) is 1.50. The van der Waals surface area contributed by atoms with Gasteiger partial charge in [-0.3, -0.25) is 0 Å². The van der Waals surface area contributed by atoms with E-state index in [1.54, 1.807) is 0 Å². The van der Waals surface area contributed by atoms with Gasteiger partial charge in [0, 0.05) is 8.41 Å². The highest BCUT2D eigenvalue weighted by atomic mass is 12.6. The van der Waals surface area contributed by atoms with Gasteiger partial charge in [-0.25, -0.2) is 0 Å². The zero-order chi connectivity index (χ0) is 2.00. The molecule has 0 aromatic heterocycles. The van der Waals surface area contributed by atoms with Gasteiger partial charge in [-0.1, -0.05) is 21.7 Å². The lowest BCUT2D eigenvalue weighted by molar-refractivity contribution is 2.40. The van der Waals surface area contributed by atoms with Crippen LogP contribution in [0.2, 0.25) is 6.82 Å². The molecule has 0 bridgehead atoms.